The van der Waals surface area contributed by atoms with Crippen LogP contribution in [0.3, 0.4) is 0 Å². The lowest BCUT2D eigenvalue weighted by Gasteiger charge is -2.16. The summed E-state index contributed by atoms with van der Waals surface area (Å²) in [5, 5.41) is 0.00683. The van der Waals surface area contributed by atoms with Crippen LogP contribution in [0.15, 0.2) is 18.2 Å². The summed E-state index contributed by atoms with van der Waals surface area (Å²) in [7, 11) is -3.47. The van der Waals surface area contributed by atoms with Crippen LogP contribution in [0, 0.1) is 5.92 Å². The maximum atomic E-state index is 12.0. The highest BCUT2D eigenvalue weighted by molar-refractivity contribution is 7.92. The zero-order chi connectivity index (χ0) is 14.8. The molecule has 1 rings (SSSR count). The third-order valence-electron chi connectivity index (χ3n) is 3.07. The Morgan fingerprint density at radius 3 is 2.26 bits per heavy atom. The molecule has 0 fully saturated rings. The van der Waals surface area contributed by atoms with E-state index in [1.165, 1.54) is 18.2 Å². The number of rotatable bonds is 5. The lowest BCUT2D eigenvalue weighted by atomic mass is 10.1. The zero-order valence-electron chi connectivity index (χ0n) is 11.0. The van der Waals surface area contributed by atoms with Crippen LogP contribution >= 0.6 is 23.2 Å². The molecule has 0 aliphatic heterocycles. The van der Waals surface area contributed by atoms with Gasteiger partial charge in [0.05, 0.1) is 10.3 Å². The molecule has 0 spiro atoms. The van der Waals surface area contributed by atoms with Crippen molar-refractivity contribution in [2.45, 2.75) is 26.0 Å². The molecule has 19 heavy (non-hydrogen) atoms. The number of carbonyl (C=O) groups excluding carboxylic acids is 1. The second-order valence-electron chi connectivity index (χ2n) is 4.80. The Kier molecular flexibility index (Phi) is 5.42. The second-order valence-corrected chi connectivity index (χ2v) is 8.01. The van der Waals surface area contributed by atoms with E-state index in [2.05, 4.69) is 0 Å². The molecule has 0 aromatic heterocycles. The fourth-order valence-electron chi connectivity index (χ4n) is 1.52. The number of Topliss-reactive ketones (excluding diaryl/α,β-unsaturated/α-hetero) is 1. The number of sulfone groups is 1. The van der Waals surface area contributed by atoms with Gasteiger partial charge < -0.3 is 0 Å². The molecule has 1 aromatic carbocycles. The van der Waals surface area contributed by atoms with Crippen molar-refractivity contribution in [2.75, 3.05) is 5.75 Å². The van der Waals surface area contributed by atoms with Gasteiger partial charge >= 0.3 is 0 Å². The molecule has 0 aliphatic rings. The molecule has 6 heteroatoms. The van der Waals surface area contributed by atoms with E-state index in [-0.39, 0.29) is 16.5 Å². The molecule has 0 heterocycles. The summed E-state index contributed by atoms with van der Waals surface area (Å²) >= 11 is 11.6. The Bertz CT molecular complexity index is 580. The van der Waals surface area contributed by atoms with Gasteiger partial charge in [0.2, 0.25) is 0 Å². The standard InChI is InChI=1S/C13H16Cl2O3S/c1-8(2)9(3)19(17,18)7-13(16)11-5-4-10(14)6-12(11)15/h4-6,8-9H,7H2,1-3H3. The van der Waals surface area contributed by atoms with Gasteiger partial charge in [-0.15, -0.1) is 0 Å². The Morgan fingerprint density at radius 2 is 1.79 bits per heavy atom. The molecule has 0 N–H and O–H groups in total. The predicted octanol–water partition coefficient (Wildman–Crippen LogP) is 3.64. The third kappa shape index (κ3) is 4.20. The van der Waals surface area contributed by atoms with E-state index >= 15 is 0 Å². The summed E-state index contributed by atoms with van der Waals surface area (Å²) in [6, 6.07) is 4.39. The molecule has 0 saturated heterocycles. The first-order valence-electron chi connectivity index (χ1n) is 5.85. The Hall–Kier alpha value is -0.580. The SMILES string of the molecule is CC(C)C(C)S(=O)(=O)CC(=O)c1ccc(Cl)cc1Cl. The number of carbonyl (C=O) groups is 1. The number of halogens is 2. The molecule has 0 radical (unpaired) electrons. The van der Waals surface area contributed by atoms with E-state index in [9.17, 15) is 13.2 Å². The van der Waals surface area contributed by atoms with Crippen LogP contribution in [0.1, 0.15) is 31.1 Å². The van der Waals surface area contributed by atoms with E-state index < -0.39 is 26.6 Å². The molecule has 0 bridgehead atoms. The monoisotopic (exact) mass is 322 g/mol. The van der Waals surface area contributed by atoms with Gasteiger partial charge in [0.15, 0.2) is 15.6 Å². The van der Waals surface area contributed by atoms with E-state index in [1.807, 2.05) is 13.8 Å². The van der Waals surface area contributed by atoms with Crippen molar-refractivity contribution in [1.82, 2.24) is 0 Å². The van der Waals surface area contributed by atoms with Crippen molar-refractivity contribution in [1.29, 1.82) is 0 Å². The number of hydrogen-bond acceptors (Lipinski definition) is 3. The zero-order valence-corrected chi connectivity index (χ0v) is 13.3. The minimum Gasteiger partial charge on any atom is -0.293 e. The highest BCUT2D eigenvalue weighted by Gasteiger charge is 2.27. The maximum Gasteiger partial charge on any atom is 0.179 e. The average molecular weight is 323 g/mol. The molecular weight excluding hydrogens is 307 g/mol. The van der Waals surface area contributed by atoms with Gasteiger partial charge in [-0.2, -0.15) is 0 Å². The first kappa shape index (κ1) is 16.5. The fraction of sp³-hybridized carbons (Fsp3) is 0.462. The predicted molar refractivity (Wildman–Crippen MR) is 78.9 cm³/mol. The quantitative estimate of drug-likeness (QED) is 0.778. The summed E-state index contributed by atoms with van der Waals surface area (Å²) in [4.78, 5) is 12.0. The molecule has 3 nitrogen and oxygen atoms in total. The normalized spacial score (nSPS) is 13.6. The molecule has 0 aliphatic carbocycles. The van der Waals surface area contributed by atoms with E-state index in [0.29, 0.717) is 5.02 Å². The summed E-state index contributed by atoms with van der Waals surface area (Å²) in [5.74, 6) is -1.08. The van der Waals surface area contributed by atoms with Gasteiger partial charge in [-0.3, -0.25) is 4.79 Å². The van der Waals surface area contributed by atoms with Crippen molar-refractivity contribution in [2.24, 2.45) is 5.92 Å². The molecular formula is C13H16Cl2O3S. The lowest BCUT2D eigenvalue weighted by molar-refractivity contribution is 0.102. The average Bonchev–Trinajstić information content (AvgIpc) is 2.26. The van der Waals surface area contributed by atoms with Crippen molar-refractivity contribution >= 4 is 38.8 Å². The van der Waals surface area contributed by atoms with Gasteiger partial charge in [0, 0.05) is 10.6 Å². The highest BCUT2D eigenvalue weighted by atomic mass is 35.5. The van der Waals surface area contributed by atoms with Crippen molar-refractivity contribution < 1.29 is 13.2 Å². The number of ketones is 1. The van der Waals surface area contributed by atoms with Crippen LogP contribution in [0.5, 0.6) is 0 Å². The van der Waals surface area contributed by atoms with E-state index in [1.54, 1.807) is 6.92 Å². The van der Waals surface area contributed by atoms with Crippen molar-refractivity contribution in [3.8, 4) is 0 Å². The molecule has 1 unspecified atom stereocenters. The molecule has 1 atom stereocenters. The van der Waals surface area contributed by atoms with Gasteiger partial charge in [-0.1, -0.05) is 37.0 Å². The first-order valence-corrected chi connectivity index (χ1v) is 8.32. The molecule has 106 valence electrons. The number of hydrogen-bond donors (Lipinski definition) is 0. The smallest absolute Gasteiger partial charge is 0.179 e. The second kappa shape index (κ2) is 6.25. The molecule has 0 saturated carbocycles. The molecule has 1 aromatic rings. The van der Waals surface area contributed by atoms with Crippen LogP contribution in [0.25, 0.3) is 0 Å². The molecule has 0 amide bonds. The van der Waals surface area contributed by atoms with Crippen LogP contribution in [-0.2, 0) is 9.84 Å². The van der Waals surface area contributed by atoms with Gasteiger partial charge in [0.25, 0.3) is 0 Å². The van der Waals surface area contributed by atoms with Crippen LogP contribution in [0.2, 0.25) is 10.0 Å². The van der Waals surface area contributed by atoms with Crippen molar-refractivity contribution in [3.05, 3.63) is 33.8 Å². The first-order chi connectivity index (χ1) is 8.65. The Balaban J connectivity index is 2.97. The summed E-state index contributed by atoms with van der Waals surface area (Å²) in [5.41, 5.74) is 0.186. The topological polar surface area (TPSA) is 51.2 Å². The lowest BCUT2D eigenvalue weighted by Crippen LogP contribution is -2.29. The fourth-order valence-corrected chi connectivity index (χ4v) is 3.65. The summed E-state index contributed by atoms with van der Waals surface area (Å²) in [6.07, 6.45) is 0. The van der Waals surface area contributed by atoms with Crippen LogP contribution < -0.4 is 0 Å². The van der Waals surface area contributed by atoms with Gasteiger partial charge in [-0.25, -0.2) is 8.42 Å². The van der Waals surface area contributed by atoms with Crippen molar-refractivity contribution in [3.63, 3.8) is 0 Å². The van der Waals surface area contributed by atoms with Gasteiger partial charge in [-0.05, 0) is 31.0 Å². The van der Waals surface area contributed by atoms with E-state index in [4.69, 9.17) is 23.2 Å². The summed E-state index contributed by atoms with van der Waals surface area (Å²) in [6.45, 7) is 5.22. The highest BCUT2D eigenvalue weighted by Crippen LogP contribution is 2.22. The Labute approximate surface area is 123 Å². The van der Waals surface area contributed by atoms with Crippen LogP contribution in [0.4, 0.5) is 0 Å². The third-order valence-corrected chi connectivity index (χ3v) is 5.96. The van der Waals surface area contributed by atoms with Crippen LogP contribution in [-0.4, -0.2) is 25.2 Å². The van der Waals surface area contributed by atoms with Gasteiger partial charge in [0.1, 0.15) is 5.75 Å². The van der Waals surface area contributed by atoms with E-state index in [0.717, 1.165) is 0 Å². The largest absolute Gasteiger partial charge is 0.293 e. The minimum atomic E-state index is -3.47. The summed E-state index contributed by atoms with van der Waals surface area (Å²) < 4.78 is 24.1. The minimum absolute atomic E-state index is 0.0431. The maximum absolute atomic E-state index is 12.0. The number of benzene rings is 1. The Morgan fingerprint density at radius 1 is 1.21 bits per heavy atom.